The highest BCUT2D eigenvalue weighted by molar-refractivity contribution is 7.12. The summed E-state index contributed by atoms with van der Waals surface area (Å²) in [7, 11) is 1.71. The average Bonchev–Trinajstić information content (AvgIpc) is 2.58. The predicted molar refractivity (Wildman–Crippen MR) is 67.2 cm³/mol. The van der Waals surface area contributed by atoms with Gasteiger partial charge in [-0.2, -0.15) is 0 Å². The fourth-order valence-corrected chi connectivity index (χ4v) is 2.29. The van der Waals surface area contributed by atoms with E-state index in [1.807, 2.05) is 0 Å². The lowest BCUT2D eigenvalue weighted by molar-refractivity contribution is 0.0546. The summed E-state index contributed by atoms with van der Waals surface area (Å²) in [6, 6.07) is 1.71. The van der Waals surface area contributed by atoms with Crippen molar-refractivity contribution in [2.75, 3.05) is 13.6 Å². The molecule has 5 heteroatoms. The van der Waals surface area contributed by atoms with Crippen LogP contribution in [0.1, 0.15) is 29.9 Å². The van der Waals surface area contributed by atoms with E-state index >= 15 is 0 Å². The Hall–Kier alpha value is -0.580. The van der Waals surface area contributed by atoms with E-state index < -0.39 is 5.60 Å². The van der Waals surface area contributed by atoms with Crippen molar-refractivity contribution in [1.82, 2.24) is 4.90 Å². The second-order valence-electron chi connectivity index (χ2n) is 4.39. The van der Waals surface area contributed by atoms with Crippen LogP contribution in [0.2, 0.25) is 5.02 Å². The smallest absolute Gasteiger partial charge is 0.265 e. The molecular formula is C11H16ClNO2S. The molecule has 0 saturated carbocycles. The van der Waals surface area contributed by atoms with E-state index in [0.717, 1.165) is 0 Å². The Kier molecular flexibility index (Phi) is 4.35. The van der Waals surface area contributed by atoms with Crippen molar-refractivity contribution in [3.63, 3.8) is 0 Å². The number of hydrogen-bond donors (Lipinski definition) is 1. The largest absolute Gasteiger partial charge is 0.390 e. The molecule has 3 nitrogen and oxygen atoms in total. The molecule has 0 saturated heterocycles. The Balaban J connectivity index is 2.59. The van der Waals surface area contributed by atoms with Crippen LogP contribution < -0.4 is 0 Å². The maximum absolute atomic E-state index is 11.9. The lowest BCUT2D eigenvalue weighted by Crippen LogP contribution is -2.32. The minimum absolute atomic E-state index is 0.0933. The maximum Gasteiger partial charge on any atom is 0.265 e. The minimum atomic E-state index is -0.756. The zero-order valence-corrected chi connectivity index (χ0v) is 11.2. The van der Waals surface area contributed by atoms with Gasteiger partial charge in [-0.1, -0.05) is 11.6 Å². The van der Waals surface area contributed by atoms with Crippen molar-refractivity contribution < 1.29 is 9.90 Å². The third kappa shape index (κ3) is 3.77. The first kappa shape index (κ1) is 13.5. The van der Waals surface area contributed by atoms with E-state index in [1.54, 1.807) is 37.2 Å². The first-order chi connectivity index (χ1) is 7.31. The Morgan fingerprint density at radius 2 is 2.25 bits per heavy atom. The summed E-state index contributed by atoms with van der Waals surface area (Å²) >= 11 is 7.22. The summed E-state index contributed by atoms with van der Waals surface area (Å²) < 4.78 is 0. The Bertz CT molecular complexity index is 370. The number of nitrogens with zero attached hydrogens (tertiary/aromatic N) is 1. The van der Waals surface area contributed by atoms with Gasteiger partial charge in [0.1, 0.15) is 4.88 Å². The molecule has 90 valence electrons. The Morgan fingerprint density at radius 1 is 1.62 bits per heavy atom. The van der Waals surface area contributed by atoms with E-state index in [-0.39, 0.29) is 5.91 Å². The number of thiophene rings is 1. The van der Waals surface area contributed by atoms with Crippen LogP contribution in [0.5, 0.6) is 0 Å². The van der Waals surface area contributed by atoms with Crippen LogP contribution in [0.25, 0.3) is 0 Å². The van der Waals surface area contributed by atoms with Crippen molar-refractivity contribution in [3.8, 4) is 0 Å². The van der Waals surface area contributed by atoms with Crippen molar-refractivity contribution in [1.29, 1.82) is 0 Å². The van der Waals surface area contributed by atoms with Gasteiger partial charge in [-0.3, -0.25) is 4.79 Å². The van der Waals surface area contributed by atoms with Crippen LogP contribution in [-0.4, -0.2) is 35.1 Å². The van der Waals surface area contributed by atoms with Crippen LogP contribution in [0.15, 0.2) is 11.4 Å². The molecule has 0 fully saturated rings. The molecule has 1 aromatic heterocycles. The third-order valence-corrected chi connectivity index (χ3v) is 3.55. The molecule has 1 heterocycles. The number of amides is 1. The number of aliphatic hydroxyl groups is 1. The second kappa shape index (κ2) is 5.17. The molecule has 0 bridgehead atoms. The van der Waals surface area contributed by atoms with Crippen molar-refractivity contribution >= 4 is 28.8 Å². The number of rotatable bonds is 4. The normalized spacial score (nSPS) is 11.6. The molecule has 1 amide bonds. The zero-order valence-electron chi connectivity index (χ0n) is 9.66. The standard InChI is InChI=1S/C11H16ClNO2S/c1-11(2,15)5-6-13(3)10(14)9-8(12)4-7-16-9/h4,7,15H,5-6H2,1-3H3. The van der Waals surface area contributed by atoms with Gasteiger partial charge >= 0.3 is 0 Å². The fraction of sp³-hybridized carbons (Fsp3) is 0.545. The van der Waals surface area contributed by atoms with Gasteiger partial charge in [-0.15, -0.1) is 11.3 Å². The van der Waals surface area contributed by atoms with Crippen LogP contribution in [0, 0.1) is 0 Å². The molecule has 0 aromatic carbocycles. The predicted octanol–water partition coefficient (Wildman–Crippen LogP) is 2.63. The molecule has 0 aliphatic rings. The van der Waals surface area contributed by atoms with Gasteiger partial charge in [0.25, 0.3) is 5.91 Å². The van der Waals surface area contributed by atoms with Crippen LogP contribution in [0.4, 0.5) is 0 Å². The van der Waals surface area contributed by atoms with Gasteiger partial charge in [-0.25, -0.2) is 0 Å². The SMILES string of the molecule is CN(CCC(C)(C)O)C(=O)c1sccc1Cl. The van der Waals surface area contributed by atoms with Crippen LogP contribution >= 0.6 is 22.9 Å². The molecule has 0 atom stereocenters. The highest BCUT2D eigenvalue weighted by Gasteiger charge is 2.19. The van der Waals surface area contributed by atoms with E-state index in [0.29, 0.717) is 22.9 Å². The van der Waals surface area contributed by atoms with Gasteiger partial charge in [0.05, 0.1) is 10.6 Å². The molecule has 0 unspecified atom stereocenters. The number of carbonyl (C=O) groups is 1. The second-order valence-corrected chi connectivity index (χ2v) is 5.71. The van der Waals surface area contributed by atoms with E-state index in [4.69, 9.17) is 11.6 Å². The van der Waals surface area contributed by atoms with Crippen molar-refractivity contribution in [2.45, 2.75) is 25.9 Å². The highest BCUT2D eigenvalue weighted by Crippen LogP contribution is 2.23. The first-order valence-electron chi connectivity index (χ1n) is 5.02. The highest BCUT2D eigenvalue weighted by atomic mass is 35.5. The zero-order chi connectivity index (χ0) is 12.3. The molecule has 16 heavy (non-hydrogen) atoms. The summed E-state index contributed by atoms with van der Waals surface area (Å²) in [6.45, 7) is 3.96. The third-order valence-electron chi connectivity index (χ3n) is 2.22. The number of halogens is 1. The van der Waals surface area contributed by atoms with Gasteiger partial charge in [0, 0.05) is 13.6 Å². The first-order valence-corrected chi connectivity index (χ1v) is 6.28. The molecule has 0 aliphatic carbocycles. The molecule has 1 N–H and O–H groups in total. The summed E-state index contributed by atoms with van der Waals surface area (Å²) in [5.74, 6) is -0.0933. The molecule has 0 spiro atoms. The molecule has 0 aliphatic heterocycles. The van der Waals surface area contributed by atoms with E-state index in [1.165, 1.54) is 11.3 Å². The average molecular weight is 262 g/mol. The number of carbonyl (C=O) groups excluding carboxylic acids is 1. The van der Waals surface area contributed by atoms with Crippen molar-refractivity contribution in [2.24, 2.45) is 0 Å². The molecular weight excluding hydrogens is 246 g/mol. The molecule has 1 rings (SSSR count). The minimum Gasteiger partial charge on any atom is -0.390 e. The summed E-state index contributed by atoms with van der Waals surface area (Å²) in [5, 5.41) is 11.9. The molecule has 0 radical (unpaired) electrons. The van der Waals surface area contributed by atoms with Gasteiger partial charge in [0.15, 0.2) is 0 Å². The topological polar surface area (TPSA) is 40.5 Å². The fourth-order valence-electron chi connectivity index (χ4n) is 1.16. The molecule has 1 aromatic rings. The lowest BCUT2D eigenvalue weighted by atomic mass is 10.1. The van der Waals surface area contributed by atoms with E-state index in [2.05, 4.69) is 0 Å². The Morgan fingerprint density at radius 3 is 2.69 bits per heavy atom. The maximum atomic E-state index is 11.9. The number of hydrogen-bond acceptors (Lipinski definition) is 3. The van der Waals surface area contributed by atoms with Gasteiger partial charge < -0.3 is 10.0 Å². The Labute approximate surface area is 105 Å². The van der Waals surface area contributed by atoms with E-state index in [9.17, 15) is 9.90 Å². The van der Waals surface area contributed by atoms with Crippen LogP contribution in [0.3, 0.4) is 0 Å². The lowest BCUT2D eigenvalue weighted by Gasteiger charge is -2.22. The monoisotopic (exact) mass is 261 g/mol. The van der Waals surface area contributed by atoms with Crippen LogP contribution in [-0.2, 0) is 0 Å². The van der Waals surface area contributed by atoms with Crippen molar-refractivity contribution in [3.05, 3.63) is 21.3 Å². The summed E-state index contributed by atoms with van der Waals surface area (Å²) in [5.41, 5.74) is -0.756. The summed E-state index contributed by atoms with van der Waals surface area (Å²) in [6.07, 6.45) is 0.540. The van der Waals surface area contributed by atoms with Gasteiger partial charge in [0.2, 0.25) is 0 Å². The quantitative estimate of drug-likeness (QED) is 0.905. The summed E-state index contributed by atoms with van der Waals surface area (Å²) in [4.78, 5) is 14.0. The van der Waals surface area contributed by atoms with Gasteiger partial charge in [-0.05, 0) is 31.7 Å².